The predicted molar refractivity (Wildman–Crippen MR) is 107 cm³/mol. The van der Waals surface area contributed by atoms with E-state index in [1.807, 2.05) is 6.92 Å². The number of hydrogen-bond acceptors (Lipinski definition) is 5. The fraction of sp³-hybridized carbons (Fsp3) is 0.737. The predicted octanol–water partition coefficient (Wildman–Crippen LogP) is 2.21. The molecule has 7 heteroatoms. The molecule has 0 bridgehead atoms. The van der Waals surface area contributed by atoms with Crippen molar-refractivity contribution in [3.63, 3.8) is 0 Å². The molecule has 1 saturated heterocycles. The largest absolute Gasteiger partial charge is 0.355 e. The highest BCUT2D eigenvalue weighted by atomic mass is 32.2. The molecule has 146 valence electrons. The van der Waals surface area contributed by atoms with Crippen molar-refractivity contribution >= 4 is 17.7 Å². The number of thioether (sulfide) groups is 1. The Morgan fingerprint density at radius 2 is 2.04 bits per heavy atom. The van der Waals surface area contributed by atoms with Crippen LogP contribution in [-0.4, -0.2) is 52.3 Å². The van der Waals surface area contributed by atoms with Gasteiger partial charge in [0.15, 0.2) is 5.16 Å². The summed E-state index contributed by atoms with van der Waals surface area (Å²) < 4.78 is 1.59. The molecular weight excluding hydrogens is 348 g/mol. The number of carbonyl (C=O) groups excluding carboxylic acids is 1. The highest BCUT2D eigenvalue weighted by molar-refractivity contribution is 7.99. The normalized spacial score (nSPS) is 15.2. The van der Waals surface area contributed by atoms with Crippen LogP contribution in [0, 0.1) is 0 Å². The average Bonchev–Trinajstić information content (AvgIpc) is 2.65. The molecule has 0 radical (unpaired) electrons. The fourth-order valence-corrected chi connectivity index (χ4v) is 4.05. The molecule has 1 N–H and O–H groups in total. The van der Waals surface area contributed by atoms with E-state index in [2.05, 4.69) is 15.2 Å². The van der Waals surface area contributed by atoms with Gasteiger partial charge in [0.1, 0.15) is 0 Å². The van der Waals surface area contributed by atoms with Gasteiger partial charge in [-0.05, 0) is 45.2 Å². The molecule has 1 amide bonds. The standard InChI is InChI=1S/C19H32N4O2S/c1-3-16-15-18(25)22(2)19(21-16)26-14-8-5-9-17(24)20-10-13-23-11-6-4-7-12-23/h15H,3-14H2,1-2H3,(H,20,24). The van der Waals surface area contributed by atoms with Gasteiger partial charge in [0.25, 0.3) is 5.56 Å². The number of hydrogen-bond donors (Lipinski definition) is 1. The topological polar surface area (TPSA) is 67.2 Å². The van der Waals surface area contributed by atoms with Gasteiger partial charge in [-0.3, -0.25) is 14.2 Å². The van der Waals surface area contributed by atoms with Gasteiger partial charge in [0.2, 0.25) is 5.91 Å². The summed E-state index contributed by atoms with van der Waals surface area (Å²) in [6.45, 7) is 6.06. The average molecular weight is 381 g/mol. The lowest BCUT2D eigenvalue weighted by molar-refractivity contribution is -0.121. The monoisotopic (exact) mass is 380 g/mol. The van der Waals surface area contributed by atoms with Crippen molar-refractivity contribution < 1.29 is 4.79 Å². The maximum Gasteiger partial charge on any atom is 0.254 e. The zero-order chi connectivity index (χ0) is 18.8. The first-order chi connectivity index (χ1) is 12.6. The number of likely N-dealkylation sites (tertiary alicyclic amines) is 1. The Hall–Kier alpha value is -1.34. The number of nitrogens with zero attached hydrogens (tertiary/aromatic N) is 3. The van der Waals surface area contributed by atoms with Crippen LogP contribution >= 0.6 is 11.8 Å². The SMILES string of the molecule is CCc1cc(=O)n(C)c(SCCCCC(=O)NCCN2CCCCC2)n1. The Labute approximate surface area is 160 Å². The van der Waals surface area contributed by atoms with Crippen molar-refractivity contribution in [3.05, 3.63) is 22.1 Å². The van der Waals surface area contributed by atoms with E-state index in [4.69, 9.17) is 0 Å². The molecule has 1 aromatic heterocycles. The molecule has 0 saturated carbocycles. The van der Waals surface area contributed by atoms with Crippen molar-refractivity contribution in [3.8, 4) is 0 Å². The number of amides is 1. The number of carbonyl (C=O) groups is 1. The van der Waals surface area contributed by atoms with Crippen molar-refractivity contribution in [2.75, 3.05) is 31.9 Å². The number of piperidine rings is 1. The number of unbranched alkanes of at least 4 members (excludes halogenated alkanes) is 1. The number of rotatable bonds is 10. The first-order valence-corrected chi connectivity index (χ1v) is 10.8. The van der Waals surface area contributed by atoms with E-state index >= 15 is 0 Å². The van der Waals surface area contributed by atoms with E-state index in [9.17, 15) is 9.59 Å². The van der Waals surface area contributed by atoms with Crippen LogP contribution in [0.1, 0.15) is 51.1 Å². The van der Waals surface area contributed by atoms with Gasteiger partial charge < -0.3 is 10.2 Å². The summed E-state index contributed by atoms with van der Waals surface area (Å²) in [4.78, 5) is 30.7. The summed E-state index contributed by atoms with van der Waals surface area (Å²) in [7, 11) is 1.76. The summed E-state index contributed by atoms with van der Waals surface area (Å²) in [5, 5.41) is 3.79. The second-order valence-electron chi connectivity index (χ2n) is 6.84. The molecule has 1 fully saturated rings. The zero-order valence-electron chi connectivity index (χ0n) is 16.1. The number of aromatic nitrogens is 2. The lowest BCUT2D eigenvalue weighted by Crippen LogP contribution is -2.37. The highest BCUT2D eigenvalue weighted by Crippen LogP contribution is 2.16. The van der Waals surface area contributed by atoms with E-state index in [0.29, 0.717) is 6.42 Å². The quantitative estimate of drug-likeness (QED) is 0.383. The number of nitrogens with one attached hydrogen (secondary N) is 1. The lowest BCUT2D eigenvalue weighted by Gasteiger charge is -2.26. The maximum atomic E-state index is 11.9. The first-order valence-electron chi connectivity index (χ1n) is 9.79. The smallest absolute Gasteiger partial charge is 0.254 e. The molecular formula is C19H32N4O2S. The first kappa shape index (κ1) is 21.0. The van der Waals surface area contributed by atoms with Gasteiger partial charge in [0.05, 0.1) is 0 Å². The molecule has 1 aromatic rings. The third kappa shape index (κ3) is 7.11. The van der Waals surface area contributed by atoms with Crippen LogP contribution in [0.4, 0.5) is 0 Å². The van der Waals surface area contributed by atoms with Crippen molar-refractivity contribution in [2.24, 2.45) is 7.05 Å². The van der Waals surface area contributed by atoms with Crippen molar-refractivity contribution in [1.29, 1.82) is 0 Å². The molecule has 2 rings (SSSR count). The summed E-state index contributed by atoms with van der Waals surface area (Å²) in [5.41, 5.74) is 0.830. The van der Waals surface area contributed by atoms with E-state index in [1.165, 1.54) is 32.4 Å². The fourth-order valence-electron chi connectivity index (χ4n) is 3.05. The van der Waals surface area contributed by atoms with Crippen LogP contribution in [0.25, 0.3) is 0 Å². The molecule has 6 nitrogen and oxygen atoms in total. The van der Waals surface area contributed by atoms with Gasteiger partial charge in [-0.15, -0.1) is 0 Å². The van der Waals surface area contributed by atoms with E-state index in [0.717, 1.165) is 49.0 Å². The minimum Gasteiger partial charge on any atom is -0.355 e. The molecule has 0 aromatic carbocycles. The highest BCUT2D eigenvalue weighted by Gasteiger charge is 2.10. The zero-order valence-corrected chi connectivity index (χ0v) is 16.9. The van der Waals surface area contributed by atoms with Gasteiger partial charge >= 0.3 is 0 Å². The van der Waals surface area contributed by atoms with Gasteiger partial charge in [-0.1, -0.05) is 25.1 Å². The maximum absolute atomic E-state index is 11.9. The summed E-state index contributed by atoms with van der Waals surface area (Å²) in [5.74, 6) is 1.01. The molecule has 0 aliphatic carbocycles. The second kappa shape index (κ2) is 11.4. The molecule has 2 heterocycles. The van der Waals surface area contributed by atoms with E-state index in [-0.39, 0.29) is 11.5 Å². The van der Waals surface area contributed by atoms with Crippen LogP contribution in [0.5, 0.6) is 0 Å². The van der Waals surface area contributed by atoms with Crippen LogP contribution < -0.4 is 10.9 Å². The summed E-state index contributed by atoms with van der Waals surface area (Å²) in [6, 6.07) is 1.60. The second-order valence-corrected chi connectivity index (χ2v) is 7.90. The van der Waals surface area contributed by atoms with Crippen LogP contribution in [0.2, 0.25) is 0 Å². The molecule has 0 unspecified atom stereocenters. The molecule has 0 spiro atoms. The van der Waals surface area contributed by atoms with Crippen LogP contribution in [0.3, 0.4) is 0 Å². The van der Waals surface area contributed by atoms with E-state index < -0.39 is 0 Å². The van der Waals surface area contributed by atoms with Crippen LogP contribution in [-0.2, 0) is 18.3 Å². The Morgan fingerprint density at radius 3 is 2.77 bits per heavy atom. The summed E-state index contributed by atoms with van der Waals surface area (Å²) in [6.07, 6.45) is 7.05. The minimum absolute atomic E-state index is 0.00701. The Balaban J connectivity index is 1.58. The Bertz CT molecular complexity index is 626. The molecule has 1 aliphatic rings. The summed E-state index contributed by atoms with van der Waals surface area (Å²) >= 11 is 1.59. The molecule has 26 heavy (non-hydrogen) atoms. The van der Waals surface area contributed by atoms with E-state index in [1.54, 1.807) is 29.4 Å². The van der Waals surface area contributed by atoms with Crippen LogP contribution in [0.15, 0.2) is 16.0 Å². The van der Waals surface area contributed by atoms with Crippen molar-refractivity contribution in [2.45, 2.75) is 57.0 Å². The third-order valence-corrected chi connectivity index (χ3v) is 5.85. The van der Waals surface area contributed by atoms with Crippen molar-refractivity contribution in [1.82, 2.24) is 19.8 Å². The number of aryl methyl sites for hydroxylation is 1. The third-order valence-electron chi connectivity index (χ3n) is 4.74. The van der Waals surface area contributed by atoms with Gasteiger partial charge in [-0.25, -0.2) is 4.98 Å². The van der Waals surface area contributed by atoms with Gasteiger partial charge in [-0.2, -0.15) is 0 Å². The minimum atomic E-state index is -0.00701. The van der Waals surface area contributed by atoms with Gasteiger partial charge in [0, 0.05) is 44.1 Å². The molecule has 1 aliphatic heterocycles. The lowest BCUT2D eigenvalue weighted by atomic mass is 10.1. The molecule has 0 atom stereocenters. The Kier molecular flexibility index (Phi) is 9.18. The Morgan fingerprint density at radius 1 is 1.27 bits per heavy atom.